The van der Waals surface area contributed by atoms with Crippen molar-refractivity contribution in [3.63, 3.8) is 0 Å². The van der Waals surface area contributed by atoms with Crippen molar-refractivity contribution in [1.82, 2.24) is 14.9 Å². The van der Waals surface area contributed by atoms with E-state index in [1.807, 2.05) is 31.2 Å². The van der Waals surface area contributed by atoms with Gasteiger partial charge in [-0.15, -0.1) is 10.2 Å². The fourth-order valence-electron chi connectivity index (χ4n) is 2.30. The van der Waals surface area contributed by atoms with Crippen LogP contribution in [0.2, 0.25) is 0 Å². The first-order valence-corrected chi connectivity index (χ1v) is 8.87. The van der Waals surface area contributed by atoms with E-state index < -0.39 is 4.92 Å². The molecule has 0 saturated carbocycles. The summed E-state index contributed by atoms with van der Waals surface area (Å²) in [7, 11) is 0. The number of nitro groups is 1. The highest BCUT2D eigenvalue weighted by Crippen LogP contribution is 2.26. The average molecular weight is 371 g/mol. The van der Waals surface area contributed by atoms with Crippen LogP contribution in [0.4, 0.5) is 5.69 Å². The second kappa shape index (κ2) is 7.87. The first-order chi connectivity index (χ1) is 12.6. The van der Waals surface area contributed by atoms with Gasteiger partial charge in [-0.1, -0.05) is 23.9 Å². The molecule has 0 aliphatic carbocycles. The highest BCUT2D eigenvalue weighted by Gasteiger charge is 2.13. The van der Waals surface area contributed by atoms with E-state index >= 15 is 0 Å². The Hall–Kier alpha value is -3.07. The molecule has 0 radical (unpaired) electrons. The molecule has 3 rings (SSSR count). The van der Waals surface area contributed by atoms with Crippen molar-refractivity contribution in [1.29, 1.82) is 0 Å². The van der Waals surface area contributed by atoms with Crippen LogP contribution < -0.4 is 10.6 Å². The number of ether oxygens (including phenoxy) is 1. The molecular formula is C17H17N5O3S. The van der Waals surface area contributed by atoms with Gasteiger partial charge in [0, 0.05) is 23.4 Å². The Kier molecular flexibility index (Phi) is 5.37. The zero-order chi connectivity index (χ0) is 18.5. The number of nitrogens with two attached hydrogens (primary N) is 1. The van der Waals surface area contributed by atoms with Crippen molar-refractivity contribution >= 4 is 17.4 Å². The Labute approximate surface area is 154 Å². The number of aromatic nitrogens is 3. The van der Waals surface area contributed by atoms with Crippen molar-refractivity contribution in [2.45, 2.75) is 17.8 Å². The van der Waals surface area contributed by atoms with Crippen LogP contribution in [0.15, 0.2) is 53.7 Å². The third kappa shape index (κ3) is 3.94. The average Bonchev–Trinajstić information content (AvgIpc) is 3.02. The van der Waals surface area contributed by atoms with Crippen molar-refractivity contribution in [3.05, 3.63) is 64.2 Å². The molecule has 0 spiro atoms. The van der Waals surface area contributed by atoms with Crippen LogP contribution in [0.25, 0.3) is 11.4 Å². The van der Waals surface area contributed by atoms with E-state index in [0.29, 0.717) is 23.3 Å². The van der Waals surface area contributed by atoms with Crippen molar-refractivity contribution < 1.29 is 9.66 Å². The van der Waals surface area contributed by atoms with Gasteiger partial charge in [0.05, 0.1) is 11.5 Å². The van der Waals surface area contributed by atoms with Crippen LogP contribution in [0, 0.1) is 10.1 Å². The number of thioether (sulfide) groups is 1. The van der Waals surface area contributed by atoms with Gasteiger partial charge in [-0.2, -0.15) is 0 Å². The largest absolute Gasteiger partial charge is 0.494 e. The van der Waals surface area contributed by atoms with E-state index in [2.05, 4.69) is 10.2 Å². The number of hydrogen-bond acceptors (Lipinski definition) is 7. The van der Waals surface area contributed by atoms with E-state index in [-0.39, 0.29) is 5.69 Å². The van der Waals surface area contributed by atoms with Crippen LogP contribution in [-0.4, -0.2) is 26.4 Å². The summed E-state index contributed by atoms with van der Waals surface area (Å²) in [6.07, 6.45) is 0. The summed E-state index contributed by atoms with van der Waals surface area (Å²) >= 11 is 1.41. The minimum atomic E-state index is -0.420. The Bertz CT molecular complexity index is 894. The number of hydrogen-bond donors (Lipinski definition) is 1. The SMILES string of the molecule is CCOc1ccc(-c2nnc(SCc3ccc([N+](=O)[O-])cc3)n2N)cc1. The van der Waals surface area contributed by atoms with Gasteiger partial charge in [0.1, 0.15) is 5.75 Å². The summed E-state index contributed by atoms with van der Waals surface area (Å²) < 4.78 is 6.86. The van der Waals surface area contributed by atoms with Crippen molar-refractivity contribution in [3.8, 4) is 17.1 Å². The predicted octanol–water partition coefficient (Wildman–Crippen LogP) is 3.26. The molecule has 134 valence electrons. The molecule has 8 nitrogen and oxygen atoms in total. The Balaban J connectivity index is 1.69. The lowest BCUT2D eigenvalue weighted by Crippen LogP contribution is -2.11. The van der Waals surface area contributed by atoms with Crippen molar-refractivity contribution in [2.75, 3.05) is 12.4 Å². The monoisotopic (exact) mass is 371 g/mol. The minimum absolute atomic E-state index is 0.0681. The molecule has 0 aliphatic rings. The zero-order valence-electron chi connectivity index (χ0n) is 14.0. The number of nitro benzene ring substituents is 1. The van der Waals surface area contributed by atoms with E-state index in [1.165, 1.54) is 28.6 Å². The fraction of sp³-hybridized carbons (Fsp3) is 0.176. The molecular weight excluding hydrogens is 354 g/mol. The second-order valence-corrected chi connectivity index (χ2v) is 6.29. The van der Waals surface area contributed by atoms with E-state index in [1.54, 1.807) is 12.1 Å². The molecule has 0 fully saturated rings. The maximum absolute atomic E-state index is 10.7. The molecule has 9 heteroatoms. The third-order valence-corrected chi connectivity index (χ3v) is 4.62. The zero-order valence-corrected chi connectivity index (χ0v) is 14.8. The summed E-state index contributed by atoms with van der Waals surface area (Å²) in [6.45, 7) is 2.54. The summed E-state index contributed by atoms with van der Waals surface area (Å²) in [5, 5.41) is 19.5. The quantitative estimate of drug-likeness (QED) is 0.294. The van der Waals surface area contributed by atoms with Crippen LogP contribution in [-0.2, 0) is 5.75 Å². The lowest BCUT2D eigenvalue weighted by atomic mass is 10.2. The molecule has 0 unspecified atom stereocenters. The molecule has 0 bridgehead atoms. The standard InChI is InChI=1S/C17H17N5O3S/c1-2-25-15-9-5-13(6-10-15)16-19-20-17(21(16)18)26-11-12-3-7-14(8-4-12)22(23)24/h3-10H,2,11,18H2,1H3. The molecule has 2 N–H and O–H groups in total. The van der Waals surface area contributed by atoms with Crippen LogP contribution in [0.1, 0.15) is 12.5 Å². The van der Waals surface area contributed by atoms with Gasteiger partial charge < -0.3 is 10.6 Å². The molecule has 3 aromatic rings. The maximum Gasteiger partial charge on any atom is 0.269 e. The predicted molar refractivity (Wildman–Crippen MR) is 99.4 cm³/mol. The summed E-state index contributed by atoms with van der Waals surface area (Å²) in [4.78, 5) is 10.3. The lowest BCUT2D eigenvalue weighted by molar-refractivity contribution is -0.384. The lowest BCUT2D eigenvalue weighted by Gasteiger charge is -2.06. The van der Waals surface area contributed by atoms with Crippen molar-refractivity contribution in [2.24, 2.45) is 0 Å². The Morgan fingerprint density at radius 2 is 1.85 bits per heavy atom. The molecule has 1 aromatic heterocycles. The van der Waals surface area contributed by atoms with Gasteiger partial charge >= 0.3 is 0 Å². The molecule has 0 aliphatic heterocycles. The number of nitrogens with zero attached hydrogens (tertiary/aromatic N) is 4. The normalized spacial score (nSPS) is 10.7. The molecule has 0 atom stereocenters. The fourth-order valence-corrected chi connectivity index (χ4v) is 3.11. The van der Waals surface area contributed by atoms with Gasteiger partial charge in [-0.3, -0.25) is 10.1 Å². The molecule has 26 heavy (non-hydrogen) atoms. The topological polar surface area (TPSA) is 109 Å². The van der Waals surface area contributed by atoms with Gasteiger partial charge in [-0.05, 0) is 36.8 Å². The van der Waals surface area contributed by atoms with E-state index in [4.69, 9.17) is 10.6 Å². The Morgan fingerprint density at radius 1 is 1.15 bits per heavy atom. The molecule has 0 saturated heterocycles. The number of nitrogen functional groups attached to an aromatic ring is 1. The summed E-state index contributed by atoms with van der Waals surface area (Å²) in [6, 6.07) is 13.9. The Morgan fingerprint density at radius 3 is 2.46 bits per heavy atom. The highest BCUT2D eigenvalue weighted by atomic mass is 32.2. The second-order valence-electron chi connectivity index (χ2n) is 5.35. The van der Waals surface area contributed by atoms with Crippen LogP contribution >= 0.6 is 11.8 Å². The van der Waals surface area contributed by atoms with E-state index in [0.717, 1.165) is 16.9 Å². The number of rotatable bonds is 7. The van der Waals surface area contributed by atoms with Crippen LogP contribution in [0.5, 0.6) is 5.75 Å². The van der Waals surface area contributed by atoms with Gasteiger partial charge in [-0.25, -0.2) is 4.68 Å². The van der Waals surface area contributed by atoms with Crippen LogP contribution in [0.3, 0.4) is 0 Å². The van der Waals surface area contributed by atoms with Gasteiger partial charge in [0.25, 0.3) is 5.69 Å². The first kappa shape index (κ1) is 17.7. The number of non-ortho nitro benzene ring substituents is 1. The molecule has 2 aromatic carbocycles. The maximum atomic E-state index is 10.7. The number of benzene rings is 2. The first-order valence-electron chi connectivity index (χ1n) is 7.88. The van der Waals surface area contributed by atoms with E-state index in [9.17, 15) is 10.1 Å². The smallest absolute Gasteiger partial charge is 0.269 e. The van der Waals surface area contributed by atoms with Gasteiger partial charge in [0.2, 0.25) is 5.16 Å². The molecule has 0 amide bonds. The summed E-state index contributed by atoms with van der Waals surface area (Å²) in [5.74, 6) is 8.03. The third-order valence-electron chi connectivity index (χ3n) is 3.60. The summed E-state index contributed by atoms with van der Waals surface area (Å²) in [5.41, 5.74) is 1.84. The highest BCUT2D eigenvalue weighted by molar-refractivity contribution is 7.98. The van der Waals surface area contributed by atoms with Gasteiger partial charge in [0.15, 0.2) is 5.82 Å². The molecule has 1 heterocycles. The minimum Gasteiger partial charge on any atom is -0.494 e.